The summed E-state index contributed by atoms with van der Waals surface area (Å²) in [4.78, 5) is 25.3. The van der Waals surface area contributed by atoms with Crippen LogP contribution in [0, 0.1) is 23.1 Å². The van der Waals surface area contributed by atoms with Crippen LogP contribution in [0.25, 0.3) is 5.69 Å². The molecule has 0 radical (unpaired) electrons. The number of hydrogen-bond acceptors (Lipinski definition) is 5. The Morgan fingerprint density at radius 1 is 1.27 bits per heavy atom. The molecule has 1 aromatic carbocycles. The van der Waals surface area contributed by atoms with E-state index in [4.69, 9.17) is 4.74 Å². The average Bonchev–Trinajstić information content (AvgIpc) is 3.31. The van der Waals surface area contributed by atoms with E-state index in [-0.39, 0.29) is 17.4 Å². The highest BCUT2D eigenvalue weighted by Crippen LogP contribution is 2.28. The molecule has 1 aliphatic rings. The van der Waals surface area contributed by atoms with Crippen molar-refractivity contribution in [3.05, 3.63) is 47.0 Å². The van der Waals surface area contributed by atoms with Crippen molar-refractivity contribution in [2.24, 2.45) is 5.92 Å². The second-order valence-corrected chi connectivity index (χ2v) is 8.02. The van der Waals surface area contributed by atoms with Gasteiger partial charge in [0.25, 0.3) is 5.91 Å². The fourth-order valence-electron chi connectivity index (χ4n) is 3.33. The van der Waals surface area contributed by atoms with Gasteiger partial charge in [-0.05, 0) is 63.3 Å². The van der Waals surface area contributed by atoms with E-state index in [2.05, 4.69) is 16.5 Å². The smallest absolute Gasteiger partial charge is 0.359 e. The first-order valence-corrected chi connectivity index (χ1v) is 9.97. The van der Waals surface area contributed by atoms with Crippen LogP contribution in [0.5, 0.6) is 0 Å². The number of ether oxygens (including phenoxy) is 1. The number of amides is 1. The van der Waals surface area contributed by atoms with Crippen LogP contribution in [0.4, 0.5) is 4.39 Å². The fraction of sp³-hybridized carbons (Fsp3) is 0.455. The van der Waals surface area contributed by atoms with E-state index in [9.17, 15) is 19.2 Å². The molecule has 8 heteroatoms. The summed E-state index contributed by atoms with van der Waals surface area (Å²) in [6.07, 6.45) is 1.22. The highest BCUT2D eigenvalue weighted by atomic mass is 19.1. The molecule has 2 aromatic rings. The summed E-state index contributed by atoms with van der Waals surface area (Å²) in [7, 11) is 0. The molecular formula is C22H25FN4O3. The lowest BCUT2D eigenvalue weighted by molar-refractivity contribution is -0.130. The third-order valence-electron chi connectivity index (χ3n) is 5.62. The predicted octanol–water partition coefficient (Wildman–Crippen LogP) is 3.10. The normalized spacial score (nSPS) is 15.8. The zero-order chi connectivity index (χ0) is 22.1. The Bertz CT molecular complexity index is 1010. The first-order valence-electron chi connectivity index (χ1n) is 9.97. The van der Waals surface area contributed by atoms with E-state index >= 15 is 0 Å². The minimum absolute atomic E-state index is 0.121. The van der Waals surface area contributed by atoms with Gasteiger partial charge in [-0.1, -0.05) is 13.8 Å². The van der Waals surface area contributed by atoms with E-state index in [1.807, 2.05) is 13.8 Å². The molecule has 0 unspecified atom stereocenters. The topological polar surface area (TPSA) is 97.0 Å². The van der Waals surface area contributed by atoms with E-state index in [1.165, 1.54) is 19.1 Å². The number of fused-ring (bicyclic) bond motifs is 1. The van der Waals surface area contributed by atoms with Crippen molar-refractivity contribution in [1.82, 2.24) is 15.1 Å². The summed E-state index contributed by atoms with van der Waals surface area (Å²) < 4.78 is 20.3. The van der Waals surface area contributed by atoms with Crippen LogP contribution in [0.3, 0.4) is 0 Å². The fourth-order valence-corrected chi connectivity index (χ4v) is 3.33. The predicted molar refractivity (Wildman–Crippen MR) is 107 cm³/mol. The maximum Gasteiger partial charge on any atom is 0.359 e. The molecule has 3 rings (SSSR count). The van der Waals surface area contributed by atoms with Crippen molar-refractivity contribution in [2.45, 2.75) is 58.6 Å². The largest absolute Gasteiger partial charge is 0.448 e. The molecule has 0 saturated carbocycles. The number of hydrogen-bond donors (Lipinski definition) is 1. The molecule has 1 aliphatic carbocycles. The molecule has 30 heavy (non-hydrogen) atoms. The lowest BCUT2D eigenvalue weighted by Gasteiger charge is -2.28. The minimum Gasteiger partial charge on any atom is -0.448 e. The number of halogens is 1. The summed E-state index contributed by atoms with van der Waals surface area (Å²) in [5.41, 5.74) is 1.44. The molecule has 1 N–H and O–H groups in total. The number of carbonyl (C=O) groups is 2. The van der Waals surface area contributed by atoms with E-state index in [0.717, 1.165) is 24.1 Å². The molecule has 1 amide bonds. The summed E-state index contributed by atoms with van der Waals surface area (Å²) >= 11 is 0. The number of benzene rings is 1. The number of nitriles is 1. The Balaban J connectivity index is 1.79. The maximum absolute atomic E-state index is 13.3. The van der Waals surface area contributed by atoms with Gasteiger partial charge in [-0.25, -0.2) is 13.9 Å². The Labute approximate surface area is 174 Å². The van der Waals surface area contributed by atoms with Crippen LogP contribution in [-0.2, 0) is 22.4 Å². The molecule has 0 saturated heterocycles. The zero-order valence-corrected chi connectivity index (χ0v) is 17.5. The van der Waals surface area contributed by atoms with Crippen molar-refractivity contribution in [3.63, 3.8) is 0 Å². The van der Waals surface area contributed by atoms with Crippen LogP contribution in [-0.4, -0.2) is 33.3 Å². The molecule has 1 heterocycles. The van der Waals surface area contributed by atoms with E-state index in [0.29, 0.717) is 12.1 Å². The van der Waals surface area contributed by atoms with Crippen molar-refractivity contribution >= 4 is 11.9 Å². The molecule has 0 bridgehead atoms. The van der Waals surface area contributed by atoms with Crippen LogP contribution in [0.15, 0.2) is 24.3 Å². The molecule has 0 aliphatic heterocycles. The summed E-state index contributed by atoms with van der Waals surface area (Å²) in [6, 6.07) is 7.96. The molecule has 2 atom stereocenters. The molecule has 0 spiro atoms. The molecule has 1 aromatic heterocycles. The van der Waals surface area contributed by atoms with Crippen LogP contribution < -0.4 is 5.32 Å². The second kappa shape index (κ2) is 8.27. The SMILES string of the molecule is CC(C)[C@](C)(C#N)NC(=O)[C@@H](C)OC(=O)c1nn(-c2ccc(F)cc2)c2c1CCC2. The van der Waals surface area contributed by atoms with Gasteiger partial charge in [0, 0.05) is 11.3 Å². The molecular weight excluding hydrogens is 387 g/mol. The highest BCUT2D eigenvalue weighted by molar-refractivity contribution is 5.92. The third kappa shape index (κ3) is 4.06. The Hall–Kier alpha value is -3.21. The molecule has 0 fully saturated rings. The summed E-state index contributed by atoms with van der Waals surface area (Å²) in [5, 5.41) is 16.4. The zero-order valence-electron chi connectivity index (χ0n) is 17.5. The average molecular weight is 412 g/mol. The van der Waals surface area contributed by atoms with Crippen molar-refractivity contribution in [2.75, 3.05) is 0 Å². The van der Waals surface area contributed by atoms with Gasteiger partial charge in [0.1, 0.15) is 11.4 Å². The standard InChI is InChI=1S/C22H25FN4O3/c1-13(2)22(4,12-24)25-20(28)14(3)30-21(29)19-17-6-5-7-18(17)27(26-19)16-10-8-15(23)9-11-16/h8-11,13-14H,5-7H2,1-4H3,(H,25,28)/t14-,22+/m1/s1. The Morgan fingerprint density at radius 3 is 2.53 bits per heavy atom. The number of nitrogens with one attached hydrogen (secondary N) is 1. The van der Waals surface area contributed by atoms with Crippen molar-refractivity contribution in [3.8, 4) is 11.8 Å². The van der Waals surface area contributed by atoms with Gasteiger partial charge in [0.05, 0.1) is 11.8 Å². The number of carbonyl (C=O) groups excluding carboxylic acids is 2. The molecule has 7 nitrogen and oxygen atoms in total. The maximum atomic E-state index is 13.3. The van der Waals surface area contributed by atoms with Crippen LogP contribution >= 0.6 is 0 Å². The van der Waals surface area contributed by atoms with Crippen LogP contribution in [0.1, 0.15) is 55.9 Å². The number of rotatable bonds is 6. The quantitative estimate of drug-likeness (QED) is 0.736. The summed E-state index contributed by atoms with van der Waals surface area (Å²) in [6.45, 7) is 6.74. The molecule has 158 valence electrons. The second-order valence-electron chi connectivity index (χ2n) is 8.02. The van der Waals surface area contributed by atoms with Crippen molar-refractivity contribution in [1.29, 1.82) is 5.26 Å². The van der Waals surface area contributed by atoms with Crippen molar-refractivity contribution < 1.29 is 18.7 Å². The third-order valence-corrected chi connectivity index (χ3v) is 5.62. The van der Waals surface area contributed by atoms with E-state index < -0.39 is 23.5 Å². The van der Waals surface area contributed by atoms with E-state index in [1.54, 1.807) is 23.7 Å². The Kier molecular flexibility index (Phi) is 5.92. The monoisotopic (exact) mass is 412 g/mol. The number of nitrogens with zero attached hydrogens (tertiary/aromatic N) is 3. The van der Waals surface area contributed by atoms with Gasteiger partial charge in [0.15, 0.2) is 11.8 Å². The summed E-state index contributed by atoms with van der Waals surface area (Å²) in [5.74, 6) is -1.72. The lowest BCUT2D eigenvalue weighted by atomic mass is 9.90. The van der Waals surface area contributed by atoms with Gasteiger partial charge in [0.2, 0.25) is 0 Å². The van der Waals surface area contributed by atoms with Gasteiger partial charge in [-0.2, -0.15) is 10.4 Å². The highest BCUT2D eigenvalue weighted by Gasteiger charge is 2.34. The number of aromatic nitrogens is 2. The van der Waals surface area contributed by atoms with Gasteiger partial charge in [-0.3, -0.25) is 4.79 Å². The van der Waals surface area contributed by atoms with Crippen LogP contribution in [0.2, 0.25) is 0 Å². The van der Waals surface area contributed by atoms with Gasteiger partial charge >= 0.3 is 5.97 Å². The first kappa shape index (κ1) is 21.5. The first-order chi connectivity index (χ1) is 14.2. The minimum atomic E-state index is -1.09. The number of esters is 1. The van der Waals surface area contributed by atoms with Gasteiger partial charge < -0.3 is 10.1 Å². The Morgan fingerprint density at radius 2 is 1.93 bits per heavy atom. The lowest BCUT2D eigenvalue weighted by Crippen LogP contribution is -2.52. The van der Waals surface area contributed by atoms with Gasteiger partial charge in [-0.15, -0.1) is 0 Å².